The van der Waals surface area contributed by atoms with Crippen molar-refractivity contribution < 1.29 is 17.9 Å². The number of nitrogens with zero attached hydrogens (tertiary/aromatic N) is 1. The van der Waals surface area contributed by atoms with Crippen LogP contribution in [-0.2, 0) is 21.2 Å². The van der Waals surface area contributed by atoms with Crippen molar-refractivity contribution in [1.29, 1.82) is 0 Å². The molecule has 6 nitrogen and oxygen atoms in total. The van der Waals surface area contributed by atoms with Crippen LogP contribution in [0.3, 0.4) is 0 Å². The maximum absolute atomic E-state index is 12.6. The third kappa shape index (κ3) is 4.16. The Morgan fingerprint density at radius 1 is 1.12 bits per heavy atom. The van der Waals surface area contributed by atoms with E-state index < -0.39 is 10.0 Å². The van der Waals surface area contributed by atoms with E-state index in [1.165, 1.54) is 7.11 Å². The number of hydrogen-bond acceptors (Lipinski definition) is 4. The van der Waals surface area contributed by atoms with Crippen molar-refractivity contribution >= 4 is 21.6 Å². The van der Waals surface area contributed by atoms with E-state index in [1.54, 1.807) is 48.5 Å². The summed E-state index contributed by atoms with van der Waals surface area (Å²) in [6.07, 6.45) is 2.27. The second-order valence-electron chi connectivity index (χ2n) is 6.18. The van der Waals surface area contributed by atoms with Crippen molar-refractivity contribution in [3.05, 3.63) is 54.1 Å². The molecule has 2 aromatic rings. The van der Waals surface area contributed by atoms with Crippen LogP contribution >= 0.6 is 0 Å². The molecule has 7 heteroatoms. The standard InChI is InChI=1S/C19H22N2O4S/c1-25-18-6-3-2-5-17(18)20-26(23,24)16-10-8-15(9-11-16)12-14-21-13-4-7-19(21)22/h2-3,5-6,8-11,20H,4,7,12-14H2,1H3. The second kappa shape index (κ2) is 7.78. The van der Waals surface area contributed by atoms with Gasteiger partial charge in [0.05, 0.1) is 17.7 Å². The highest BCUT2D eigenvalue weighted by Crippen LogP contribution is 2.26. The zero-order valence-electron chi connectivity index (χ0n) is 14.6. The molecule has 0 radical (unpaired) electrons. The quantitative estimate of drug-likeness (QED) is 0.808. The van der Waals surface area contributed by atoms with E-state index in [4.69, 9.17) is 4.74 Å². The van der Waals surface area contributed by atoms with Crippen LogP contribution in [0.5, 0.6) is 5.75 Å². The Morgan fingerprint density at radius 2 is 1.85 bits per heavy atom. The van der Waals surface area contributed by atoms with E-state index in [1.807, 2.05) is 4.90 Å². The number of hydrogen-bond donors (Lipinski definition) is 1. The number of nitrogens with one attached hydrogen (secondary N) is 1. The first-order valence-corrected chi connectivity index (χ1v) is 10.0. The Labute approximate surface area is 153 Å². The molecule has 1 saturated heterocycles. The van der Waals surface area contributed by atoms with Gasteiger partial charge in [-0.05, 0) is 42.7 Å². The molecule has 2 aromatic carbocycles. The lowest BCUT2D eigenvalue weighted by molar-refractivity contribution is -0.127. The summed E-state index contributed by atoms with van der Waals surface area (Å²) in [4.78, 5) is 13.7. The smallest absolute Gasteiger partial charge is 0.262 e. The van der Waals surface area contributed by atoms with Crippen molar-refractivity contribution in [3.8, 4) is 5.75 Å². The summed E-state index contributed by atoms with van der Waals surface area (Å²) in [5, 5.41) is 0. The van der Waals surface area contributed by atoms with Crippen LogP contribution in [0.2, 0.25) is 0 Å². The molecule has 0 unspecified atom stereocenters. The number of rotatable bonds is 7. The number of carbonyl (C=O) groups excluding carboxylic acids is 1. The minimum Gasteiger partial charge on any atom is -0.495 e. The molecule has 1 fully saturated rings. The predicted octanol–water partition coefficient (Wildman–Crippen LogP) is 2.66. The Hall–Kier alpha value is -2.54. The van der Waals surface area contributed by atoms with E-state index in [2.05, 4.69) is 4.72 Å². The van der Waals surface area contributed by atoms with Crippen molar-refractivity contribution in [2.75, 3.05) is 24.9 Å². The van der Waals surface area contributed by atoms with E-state index >= 15 is 0 Å². The molecule has 1 amide bonds. The average molecular weight is 374 g/mol. The lowest BCUT2D eigenvalue weighted by atomic mass is 10.1. The van der Waals surface area contributed by atoms with Gasteiger partial charge in [0.25, 0.3) is 10.0 Å². The Balaban J connectivity index is 1.67. The SMILES string of the molecule is COc1ccccc1NS(=O)(=O)c1ccc(CCN2CCCC2=O)cc1. The molecule has 1 aliphatic rings. The van der Waals surface area contributed by atoms with Crippen molar-refractivity contribution in [2.24, 2.45) is 0 Å². The van der Waals surface area contributed by atoms with Crippen LogP contribution in [0.15, 0.2) is 53.4 Å². The van der Waals surface area contributed by atoms with Gasteiger partial charge in [-0.25, -0.2) is 8.42 Å². The van der Waals surface area contributed by atoms with Crippen LogP contribution in [0.25, 0.3) is 0 Å². The number of likely N-dealkylation sites (tertiary alicyclic amines) is 1. The molecule has 0 aliphatic carbocycles. The number of sulfonamides is 1. The molecule has 1 heterocycles. The third-order valence-corrected chi connectivity index (χ3v) is 5.81. The molecule has 138 valence electrons. The zero-order valence-corrected chi connectivity index (χ0v) is 15.5. The molecule has 1 N–H and O–H groups in total. The fourth-order valence-electron chi connectivity index (χ4n) is 2.97. The summed E-state index contributed by atoms with van der Waals surface area (Å²) in [7, 11) is -2.20. The van der Waals surface area contributed by atoms with Gasteiger partial charge < -0.3 is 9.64 Å². The summed E-state index contributed by atoms with van der Waals surface area (Å²) in [6, 6.07) is 13.6. The van der Waals surface area contributed by atoms with Gasteiger partial charge in [0.2, 0.25) is 5.91 Å². The van der Waals surface area contributed by atoms with Gasteiger partial charge in [-0.15, -0.1) is 0 Å². The minimum absolute atomic E-state index is 0.185. The van der Waals surface area contributed by atoms with Gasteiger partial charge in [-0.2, -0.15) is 0 Å². The maximum Gasteiger partial charge on any atom is 0.262 e. The highest BCUT2D eigenvalue weighted by Gasteiger charge is 2.20. The first kappa shape index (κ1) is 18.3. The summed E-state index contributed by atoms with van der Waals surface area (Å²) >= 11 is 0. The third-order valence-electron chi connectivity index (χ3n) is 4.43. The summed E-state index contributed by atoms with van der Waals surface area (Å²) < 4.78 is 32.9. The molecule has 0 saturated carbocycles. The van der Waals surface area contributed by atoms with E-state index in [9.17, 15) is 13.2 Å². The number of carbonyl (C=O) groups is 1. The molecule has 26 heavy (non-hydrogen) atoms. The zero-order chi connectivity index (χ0) is 18.6. The van der Waals surface area contributed by atoms with Crippen LogP contribution < -0.4 is 9.46 Å². The van der Waals surface area contributed by atoms with Crippen molar-refractivity contribution in [1.82, 2.24) is 4.90 Å². The Bertz CT molecular complexity index is 879. The molecular formula is C19H22N2O4S. The second-order valence-corrected chi connectivity index (χ2v) is 7.87. The largest absolute Gasteiger partial charge is 0.495 e. The van der Waals surface area contributed by atoms with Gasteiger partial charge in [0.15, 0.2) is 0 Å². The normalized spacial score (nSPS) is 14.5. The fraction of sp³-hybridized carbons (Fsp3) is 0.316. The maximum atomic E-state index is 12.6. The number of methoxy groups -OCH3 is 1. The molecule has 3 rings (SSSR count). The van der Waals surface area contributed by atoms with Gasteiger partial charge in [0, 0.05) is 19.5 Å². The molecular weight excluding hydrogens is 352 g/mol. The van der Waals surface area contributed by atoms with Crippen LogP contribution in [-0.4, -0.2) is 39.4 Å². The lowest BCUT2D eigenvalue weighted by Gasteiger charge is -2.15. The Morgan fingerprint density at radius 3 is 2.50 bits per heavy atom. The first-order chi connectivity index (χ1) is 12.5. The highest BCUT2D eigenvalue weighted by atomic mass is 32.2. The predicted molar refractivity (Wildman–Crippen MR) is 99.8 cm³/mol. The molecule has 1 aliphatic heterocycles. The Kier molecular flexibility index (Phi) is 5.46. The number of ether oxygens (including phenoxy) is 1. The van der Waals surface area contributed by atoms with E-state index in [0.29, 0.717) is 30.8 Å². The fourth-order valence-corrected chi connectivity index (χ4v) is 4.04. The lowest BCUT2D eigenvalue weighted by Crippen LogP contribution is -2.26. The topological polar surface area (TPSA) is 75.7 Å². The molecule has 0 bridgehead atoms. The summed E-state index contributed by atoms with van der Waals surface area (Å²) in [6.45, 7) is 1.48. The van der Waals surface area contributed by atoms with Gasteiger partial charge in [-0.3, -0.25) is 9.52 Å². The van der Waals surface area contributed by atoms with Crippen molar-refractivity contribution in [2.45, 2.75) is 24.2 Å². The van der Waals surface area contributed by atoms with Crippen LogP contribution in [0.4, 0.5) is 5.69 Å². The molecule has 0 atom stereocenters. The van der Waals surface area contributed by atoms with E-state index in [-0.39, 0.29) is 10.8 Å². The number of anilines is 1. The van der Waals surface area contributed by atoms with Gasteiger partial charge >= 0.3 is 0 Å². The molecule has 0 spiro atoms. The summed E-state index contributed by atoms with van der Waals surface area (Å²) in [5.74, 6) is 0.660. The highest BCUT2D eigenvalue weighted by molar-refractivity contribution is 7.92. The number of para-hydroxylation sites is 2. The summed E-state index contributed by atoms with van der Waals surface area (Å²) in [5.41, 5.74) is 1.40. The first-order valence-electron chi connectivity index (χ1n) is 8.52. The van der Waals surface area contributed by atoms with Gasteiger partial charge in [0.1, 0.15) is 5.75 Å². The monoisotopic (exact) mass is 374 g/mol. The van der Waals surface area contributed by atoms with Crippen LogP contribution in [0, 0.1) is 0 Å². The van der Waals surface area contributed by atoms with Crippen molar-refractivity contribution in [3.63, 3.8) is 0 Å². The van der Waals surface area contributed by atoms with Crippen LogP contribution in [0.1, 0.15) is 18.4 Å². The number of benzene rings is 2. The number of amides is 1. The molecule has 0 aromatic heterocycles. The minimum atomic E-state index is -3.70. The van der Waals surface area contributed by atoms with Gasteiger partial charge in [-0.1, -0.05) is 24.3 Å². The van der Waals surface area contributed by atoms with E-state index in [0.717, 1.165) is 18.5 Å². The average Bonchev–Trinajstić information content (AvgIpc) is 3.05.